The van der Waals surface area contributed by atoms with Crippen molar-refractivity contribution >= 4 is 0 Å². The molecule has 0 aromatic rings. The van der Waals surface area contributed by atoms with Gasteiger partial charge in [-0.05, 0) is 64.6 Å². The minimum atomic E-state index is -0.0914. The highest BCUT2D eigenvalue weighted by molar-refractivity contribution is 4.82. The van der Waals surface area contributed by atoms with E-state index in [2.05, 4.69) is 31.0 Å². The van der Waals surface area contributed by atoms with Crippen LogP contribution in [0, 0.1) is 5.92 Å². The maximum atomic E-state index is 9.55. The molecule has 2 N–H and O–H groups in total. The highest BCUT2D eigenvalue weighted by Gasteiger charge is 2.23. The summed E-state index contributed by atoms with van der Waals surface area (Å²) in [6.45, 7) is 11.4. The quantitative estimate of drug-likeness (QED) is 0.606. The van der Waals surface area contributed by atoms with E-state index >= 15 is 0 Å². The van der Waals surface area contributed by atoms with Crippen LogP contribution in [0.3, 0.4) is 0 Å². The van der Waals surface area contributed by atoms with Crippen molar-refractivity contribution in [1.29, 1.82) is 0 Å². The zero-order valence-corrected chi connectivity index (χ0v) is 13.2. The van der Waals surface area contributed by atoms with Gasteiger partial charge in [-0.2, -0.15) is 0 Å². The summed E-state index contributed by atoms with van der Waals surface area (Å²) in [7, 11) is 0. The van der Waals surface area contributed by atoms with Gasteiger partial charge in [-0.3, -0.25) is 0 Å². The second-order valence-electron chi connectivity index (χ2n) is 6.44. The molecule has 3 nitrogen and oxygen atoms in total. The number of nitrogens with one attached hydrogen (secondary N) is 1. The smallest absolute Gasteiger partial charge is 0.0610 e. The number of nitrogens with zero attached hydrogens (tertiary/aromatic N) is 1. The highest BCUT2D eigenvalue weighted by Crippen LogP contribution is 2.27. The molecule has 0 bridgehead atoms. The molecule has 0 spiro atoms. The number of hydrogen-bond acceptors (Lipinski definition) is 3. The first-order chi connectivity index (χ1) is 9.13. The molecule has 1 saturated carbocycles. The molecule has 0 saturated heterocycles. The van der Waals surface area contributed by atoms with Crippen molar-refractivity contribution in [2.24, 2.45) is 5.92 Å². The molecule has 1 aliphatic carbocycles. The molecule has 1 atom stereocenters. The lowest BCUT2D eigenvalue weighted by Crippen LogP contribution is -2.46. The van der Waals surface area contributed by atoms with E-state index in [1.54, 1.807) is 0 Å². The van der Waals surface area contributed by atoms with E-state index in [-0.39, 0.29) is 12.1 Å². The van der Waals surface area contributed by atoms with E-state index in [1.165, 1.54) is 38.8 Å². The van der Waals surface area contributed by atoms with Crippen LogP contribution in [-0.4, -0.2) is 48.3 Å². The lowest BCUT2D eigenvalue weighted by Gasteiger charge is -2.33. The Morgan fingerprint density at radius 1 is 1.32 bits per heavy atom. The molecule has 114 valence electrons. The third-order valence-corrected chi connectivity index (χ3v) is 4.54. The van der Waals surface area contributed by atoms with Gasteiger partial charge in [-0.15, -0.1) is 0 Å². The molecular formula is C16H34N2O. The zero-order chi connectivity index (χ0) is 14.1. The highest BCUT2D eigenvalue weighted by atomic mass is 16.3. The van der Waals surface area contributed by atoms with Crippen molar-refractivity contribution in [2.75, 3.05) is 32.8 Å². The normalized spacial score (nSPS) is 19.4. The second-order valence-corrected chi connectivity index (χ2v) is 6.44. The molecule has 1 aliphatic rings. The van der Waals surface area contributed by atoms with Gasteiger partial charge in [0.2, 0.25) is 0 Å². The molecule has 19 heavy (non-hydrogen) atoms. The average Bonchev–Trinajstić information content (AvgIpc) is 2.38. The van der Waals surface area contributed by atoms with Gasteiger partial charge in [0, 0.05) is 12.1 Å². The maximum Gasteiger partial charge on any atom is 0.0610 e. The molecular weight excluding hydrogens is 236 g/mol. The average molecular weight is 270 g/mol. The van der Waals surface area contributed by atoms with E-state index in [9.17, 15) is 5.11 Å². The third-order valence-electron chi connectivity index (χ3n) is 4.54. The van der Waals surface area contributed by atoms with Gasteiger partial charge in [0.05, 0.1) is 6.61 Å². The lowest BCUT2D eigenvalue weighted by atomic mass is 9.85. The van der Waals surface area contributed by atoms with E-state index in [4.69, 9.17) is 0 Å². The number of aliphatic hydroxyl groups is 1. The van der Waals surface area contributed by atoms with Crippen LogP contribution in [0.1, 0.15) is 59.3 Å². The number of hydrogen-bond donors (Lipinski definition) is 2. The maximum absolute atomic E-state index is 9.55. The van der Waals surface area contributed by atoms with Crippen molar-refractivity contribution in [3.8, 4) is 0 Å². The van der Waals surface area contributed by atoms with Crippen LogP contribution in [0.15, 0.2) is 0 Å². The largest absolute Gasteiger partial charge is 0.394 e. The molecule has 0 aromatic heterocycles. The topological polar surface area (TPSA) is 35.5 Å². The summed E-state index contributed by atoms with van der Waals surface area (Å²) in [4.78, 5) is 2.58. The summed E-state index contributed by atoms with van der Waals surface area (Å²) in [5.41, 5.74) is -0.0914. The summed E-state index contributed by atoms with van der Waals surface area (Å²) in [6, 6.07) is 0. The molecule has 0 radical (unpaired) electrons. The minimum Gasteiger partial charge on any atom is -0.394 e. The van der Waals surface area contributed by atoms with Gasteiger partial charge in [0.1, 0.15) is 0 Å². The summed E-state index contributed by atoms with van der Waals surface area (Å²) < 4.78 is 0. The van der Waals surface area contributed by atoms with E-state index < -0.39 is 0 Å². The summed E-state index contributed by atoms with van der Waals surface area (Å²) in [5.74, 6) is 0.961. The van der Waals surface area contributed by atoms with Gasteiger partial charge in [-0.1, -0.05) is 20.3 Å². The molecule has 0 heterocycles. The second kappa shape index (κ2) is 8.93. The van der Waals surface area contributed by atoms with Gasteiger partial charge in [0.25, 0.3) is 0 Å². The predicted octanol–water partition coefficient (Wildman–Crippen LogP) is 2.64. The van der Waals surface area contributed by atoms with Gasteiger partial charge in [0.15, 0.2) is 0 Å². The minimum absolute atomic E-state index is 0.0914. The van der Waals surface area contributed by atoms with Crippen LogP contribution in [0.4, 0.5) is 0 Å². The monoisotopic (exact) mass is 270 g/mol. The van der Waals surface area contributed by atoms with Gasteiger partial charge >= 0.3 is 0 Å². The standard InChI is InChI=1S/C16H34N2O/c1-4-11-17-16(3,14-19)10-7-12-18(5-2)13-15-8-6-9-15/h15,17,19H,4-14H2,1-3H3. The van der Waals surface area contributed by atoms with Crippen LogP contribution in [-0.2, 0) is 0 Å². The molecule has 3 heteroatoms. The molecule has 1 unspecified atom stereocenters. The Bertz CT molecular complexity index is 231. The number of rotatable bonds is 11. The van der Waals surface area contributed by atoms with Crippen molar-refractivity contribution in [1.82, 2.24) is 10.2 Å². The fraction of sp³-hybridized carbons (Fsp3) is 1.00. The number of aliphatic hydroxyl groups excluding tert-OH is 1. The Morgan fingerprint density at radius 3 is 2.53 bits per heavy atom. The van der Waals surface area contributed by atoms with Crippen LogP contribution in [0.5, 0.6) is 0 Å². The van der Waals surface area contributed by atoms with Crippen molar-refractivity contribution < 1.29 is 5.11 Å². The Morgan fingerprint density at radius 2 is 2.05 bits per heavy atom. The summed E-state index contributed by atoms with van der Waals surface area (Å²) in [6.07, 6.45) is 7.66. The van der Waals surface area contributed by atoms with Crippen LogP contribution >= 0.6 is 0 Å². The zero-order valence-electron chi connectivity index (χ0n) is 13.2. The Balaban J connectivity index is 2.20. The van der Waals surface area contributed by atoms with Gasteiger partial charge < -0.3 is 15.3 Å². The van der Waals surface area contributed by atoms with E-state index in [0.717, 1.165) is 31.8 Å². The summed E-state index contributed by atoms with van der Waals surface area (Å²) >= 11 is 0. The molecule has 1 fully saturated rings. The van der Waals surface area contributed by atoms with E-state index in [1.807, 2.05) is 0 Å². The first kappa shape index (κ1) is 16.9. The summed E-state index contributed by atoms with van der Waals surface area (Å²) in [5, 5.41) is 13.0. The predicted molar refractivity (Wildman–Crippen MR) is 82.5 cm³/mol. The Kier molecular flexibility index (Phi) is 7.96. The molecule has 0 amide bonds. The third kappa shape index (κ3) is 6.24. The van der Waals surface area contributed by atoms with Crippen LogP contribution < -0.4 is 5.32 Å². The molecule has 0 aliphatic heterocycles. The Labute approximate surface area is 119 Å². The van der Waals surface area contributed by atoms with E-state index in [0.29, 0.717) is 0 Å². The van der Waals surface area contributed by atoms with Gasteiger partial charge in [-0.25, -0.2) is 0 Å². The van der Waals surface area contributed by atoms with Crippen LogP contribution in [0.2, 0.25) is 0 Å². The first-order valence-electron chi connectivity index (χ1n) is 8.21. The fourth-order valence-corrected chi connectivity index (χ4v) is 2.76. The van der Waals surface area contributed by atoms with Crippen molar-refractivity contribution in [3.63, 3.8) is 0 Å². The fourth-order valence-electron chi connectivity index (χ4n) is 2.76. The van der Waals surface area contributed by atoms with Crippen molar-refractivity contribution in [2.45, 2.75) is 64.8 Å². The lowest BCUT2D eigenvalue weighted by molar-refractivity contribution is 0.147. The molecule has 0 aromatic carbocycles. The SMILES string of the molecule is CCCNC(C)(CO)CCCN(CC)CC1CCC1. The first-order valence-corrected chi connectivity index (χ1v) is 8.21. The van der Waals surface area contributed by atoms with Crippen molar-refractivity contribution in [3.05, 3.63) is 0 Å². The Hall–Kier alpha value is -0.120. The van der Waals surface area contributed by atoms with Crippen LogP contribution in [0.25, 0.3) is 0 Å². The molecule has 1 rings (SSSR count).